The number of nitrogens with zero attached hydrogens (tertiary/aromatic N) is 2. The van der Waals surface area contributed by atoms with E-state index in [1.54, 1.807) is 16.2 Å². The van der Waals surface area contributed by atoms with E-state index in [0.29, 0.717) is 18.2 Å². The van der Waals surface area contributed by atoms with Crippen LogP contribution >= 0.6 is 23.1 Å². The Labute approximate surface area is 160 Å². The molecule has 0 atom stereocenters. The molecule has 2 aromatic heterocycles. The van der Waals surface area contributed by atoms with Gasteiger partial charge in [-0.25, -0.2) is 4.98 Å². The first kappa shape index (κ1) is 18.5. The maximum absolute atomic E-state index is 12.4. The first-order valence-corrected chi connectivity index (χ1v) is 10.2. The molecule has 3 aromatic rings. The Morgan fingerprint density at radius 3 is 2.85 bits per heavy atom. The van der Waals surface area contributed by atoms with Gasteiger partial charge in [-0.15, -0.1) is 11.3 Å². The maximum atomic E-state index is 12.4. The van der Waals surface area contributed by atoms with Crippen LogP contribution in [0.3, 0.4) is 0 Å². The topological polar surface area (TPSA) is 78.1 Å². The van der Waals surface area contributed by atoms with Crippen LogP contribution in [0.5, 0.6) is 0 Å². The minimum Gasteiger partial charge on any atom is -0.350 e. The van der Waals surface area contributed by atoms with Gasteiger partial charge in [0, 0.05) is 11.4 Å². The predicted molar refractivity (Wildman–Crippen MR) is 105 cm³/mol. The number of aromatic amines is 1. The molecule has 1 aromatic carbocycles. The normalized spacial score (nSPS) is 10.8. The molecular formula is C18H20N4O2S2. The fourth-order valence-electron chi connectivity index (χ4n) is 2.42. The van der Waals surface area contributed by atoms with Crippen LogP contribution in [0.4, 0.5) is 0 Å². The number of fused-ring (bicyclic) bond motifs is 1. The molecule has 2 amide bonds. The lowest BCUT2D eigenvalue weighted by Crippen LogP contribution is -2.41. The van der Waals surface area contributed by atoms with Crippen molar-refractivity contribution in [2.45, 2.75) is 18.6 Å². The third kappa shape index (κ3) is 4.86. The van der Waals surface area contributed by atoms with Crippen molar-refractivity contribution in [2.24, 2.45) is 0 Å². The number of likely N-dealkylation sites (N-methyl/N-ethyl adjacent to an activating group) is 1. The highest BCUT2D eigenvalue weighted by Crippen LogP contribution is 2.19. The highest BCUT2D eigenvalue weighted by atomic mass is 32.2. The van der Waals surface area contributed by atoms with E-state index >= 15 is 0 Å². The zero-order valence-electron chi connectivity index (χ0n) is 14.4. The zero-order valence-corrected chi connectivity index (χ0v) is 16.0. The molecular weight excluding hydrogens is 368 g/mol. The van der Waals surface area contributed by atoms with Crippen LogP contribution in [0.25, 0.3) is 11.0 Å². The molecule has 0 aliphatic carbocycles. The summed E-state index contributed by atoms with van der Waals surface area (Å²) in [6, 6.07) is 11.7. The maximum Gasteiger partial charge on any atom is 0.239 e. The summed E-state index contributed by atoms with van der Waals surface area (Å²) in [4.78, 5) is 34.8. The van der Waals surface area contributed by atoms with Crippen molar-refractivity contribution >= 4 is 45.9 Å². The van der Waals surface area contributed by atoms with E-state index in [9.17, 15) is 9.59 Å². The molecule has 0 radical (unpaired) electrons. The molecule has 2 N–H and O–H groups in total. The Bertz CT molecular complexity index is 843. The number of hydrogen-bond donors (Lipinski definition) is 2. The summed E-state index contributed by atoms with van der Waals surface area (Å²) in [6.07, 6.45) is 0. The van der Waals surface area contributed by atoms with E-state index in [-0.39, 0.29) is 24.1 Å². The Balaban J connectivity index is 1.48. The van der Waals surface area contributed by atoms with Gasteiger partial charge in [-0.1, -0.05) is 30.0 Å². The number of hydrogen-bond acceptors (Lipinski definition) is 5. The van der Waals surface area contributed by atoms with Gasteiger partial charge in [0.25, 0.3) is 0 Å². The number of imidazole rings is 1. The number of aromatic nitrogens is 2. The number of rotatable bonds is 8. The molecule has 0 aliphatic heterocycles. The van der Waals surface area contributed by atoms with Crippen LogP contribution in [0.1, 0.15) is 11.8 Å². The molecule has 0 unspecified atom stereocenters. The number of H-pyrrole nitrogens is 1. The van der Waals surface area contributed by atoms with Gasteiger partial charge in [0.1, 0.15) is 0 Å². The van der Waals surface area contributed by atoms with E-state index in [1.807, 2.05) is 48.7 Å². The lowest BCUT2D eigenvalue weighted by Gasteiger charge is -2.19. The van der Waals surface area contributed by atoms with Gasteiger partial charge in [0.2, 0.25) is 11.8 Å². The Kier molecular flexibility index (Phi) is 6.30. The Morgan fingerprint density at radius 2 is 2.12 bits per heavy atom. The second-order valence-electron chi connectivity index (χ2n) is 5.61. The third-order valence-corrected chi connectivity index (χ3v) is 5.54. The number of nitrogens with one attached hydrogen (secondary N) is 2. The lowest BCUT2D eigenvalue weighted by atomic mass is 10.3. The minimum absolute atomic E-state index is 0.0708. The first-order chi connectivity index (χ1) is 12.7. The van der Waals surface area contributed by atoms with E-state index < -0.39 is 0 Å². The van der Waals surface area contributed by atoms with Gasteiger partial charge in [-0.2, -0.15) is 0 Å². The molecule has 0 fully saturated rings. The number of benzene rings is 1. The van der Waals surface area contributed by atoms with E-state index in [0.717, 1.165) is 15.9 Å². The van der Waals surface area contributed by atoms with Crippen molar-refractivity contribution in [3.8, 4) is 0 Å². The van der Waals surface area contributed by atoms with Crippen molar-refractivity contribution in [2.75, 3.05) is 18.8 Å². The van der Waals surface area contributed by atoms with Crippen molar-refractivity contribution in [1.82, 2.24) is 20.2 Å². The van der Waals surface area contributed by atoms with Crippen LogP contribution in [0, 0.1) is 0 Å². The average molecular weight is 389 g/mol. The lowest BCUT2D eigenvalue weighted by molar-refractivity contribution is -0.133. The molecule has 0 saturated heterocycles. The summed E-state index contributed by atoms with van der Waals surface area (Å²) in [6.45, 7) is 2.93. The largest absolute Gasteiger partial charge is 0.350 e. The Hall–Kier alpha value is -2.32. The molecule has 0 bridgehead atoms. The number of para-hydroxylation sites is 2. The molecule has 0 aliphatic rings. The van der Waals surface area contributed by atoms with E-state index in [2.05, 4.69) is 15.3 Å². The van der Waals surface area contributed by atoms with Crippen LogP contribution in [-0.4, -0.2) is 45.5 Å². The van der Waals surface area contributed by atoms with Gasteiger partial charge < -0.3 is 15.2 Å². The first-order valence-electron chi connectivity index (χ1n) is 8.30. The van der Waals surface area contributed by atoms with Gasteiger partial charge >= 0.3 is 0 Å². The molecule has 3 rings (SSSR count). The summed E-state index contributed by atoms with van der Waals surface area (Å²) >= 11 is 2.94. The number of thioether (sulfide) groups is 1. The average Bonchev–Trinajstić information content (AvgIpc) is 3.31. The van der Waals surface area contributed by atoms with Crippen LogP contribution < -0.4 is 5.32 Å². The second kappa shape index (κ2) is 8.86. The van der Waals surface area contributed by atoms with Gasteiger partial charge in [-0.05, 0) is 30.5 Å². The quantitative estimate of drug-likeness (QED) is 0.582. The van der Waals surface area contributed by atoms with Gasteiger partial charge in [0.15, 0.2) is 5.16 Å². The Morgan fingerprint density at radius 1 is 1.27 bits per heavy atom. The molecule has 6 nitrogen and oxygen atoms in total. The summed E-state index contributed by atoms with van der Waals surface area (Å²) in [5.74, 6) is 0.0119. The molecule has 136 valence electrons. The highest BCUT2D eigenvalue weighted by molar-refractivity contribution is 7.99. The summed E-state index contributed by atoms with van der Waals surface area (Å²) in [7, 11) is 0. The molecule has 0 spiro atoms. The summed E-state index contributed by atoms with van der Waals surface area (Å²) in [5, 5.41) is 5.53. The van der Waals surface area contributed by atoms with Crippen molar-refractivity contribution in [3.05, 3.63) is 46.7 Å². The van der Waals surface area contributed by atoms with Gasteiger partial charge in [0.05, 0.1) is 29.9 Å². The fraction of sp³-hybridized carbons (Fsp3) is 0.278. The number of carbonyl (C=O) groups excluding carboxylic acids is 2. The number of carbonyl (C=O) groups is 2. The van der Waals surface area contributed by atoms with Crippen LogP contribution in [-0.2, 0) is 16.1 Å². The zero-order chi connectivity index (χ0) is 18.4. The van der Waals surface area contributed by atoms with Crippen molar-refractivity contribution in [3.63, 3.8) is 0 Å². The second-order valence-corrected chi connectivity index (χ2v) is 7.61. The van der Waals surface area contributed by atoms with E-state index in [1.165, 1.54) is 11.8 Å². The van der Waals surface area contributed by atoms with Crippen LogP contribution in [0.15, 0.2) is 46.9 Å². The standard InChI is InChI=1S/C18H20N4O2S2/c1-2-22(11-16(23)19-10-13-6-5-9-25-13)17(24)12-26-18-20-14-7-3-4-8-15(14)21-18/h3-9H,2,10-12H2,1H3,(H,19,23)(H,20,21). The number of amides is 2. The molecule has 2 heterocycles. The number of thiophene rings is 1. The summed E-state index contributed by atoms with van der Waals surface area (Å²) < 4.78 is 0. The highest BCUT2D eigenvalue weighted by Gasteiger charge is 2.16. The van der Waals surface area contributed by atoms with Crippen LogP contribution in [0.2, 0.25) is 0 Å². The van der Waals surface area contributed by atoms with E-state index in [4.69, 9.17) is 0 Å². The third-order valence-electron chi connectivity index (χ3n) is 3.81. The predicted octanol–water partition coefficient (Wildman–Crippen LogP) is 2.88. The smallest absolute Gasteiger partial charge is 0.239 e. The SMILES string of the molecule is CCN(CC(=O)NCc1cccs1)C(=O)CSc1nc2ccccc2[nH]1. The van der Waals surface area contributed by atoms with Crippen molar-refractivity contribution in [1.29, 1.82) is 0 Å². The monoisotopic (exact) mass is 388 g/mol. The molecule has 26 heavy (non-hydrogen) atoms. The molecule has 0 saturated carbocycles. The minimum atomic E-state index is -0.151. The van der Waals surface area contributed by atoms with Crippen molar-refractivity contribution < 1.29 is 9.59 Å². The summed E-state index contributed by atoms with van der Waals surface area (Å²) in [5.41, 5.74) is 1.82. The van der Waals surface area contributed by atoms with Gasteiger partial charge in [-0.3, -0.25) is 9.59 Å². The molecule has 8 heteroatoms. The fourth-order valence-corrected chi connectivity index (χ4v) is 3.86.